The number of rotatable bonds is 7. The van der Waals surface area contributed by atoms with Crippen LogP contribution in [0.15, 0.2) is 72.8 Å². The Morgan fingerprint density at radius 3 is 2.40 bits per heavy atom. The van der Waals surface area contributed by atoms with E-state index in [0.717, 1.165) is 21.9 Å². The number of hydrogen-bond acceptors (Lipinski definition) is 5. The number of hydrazine groups is 1. The van der Waals surface area contributed by atoms with Crippen molar-refractivity contribution in [1.82, 2.24) is 25.1 Å². The summed E-state index contributed by atoms with van der Waals surface area (Å²) in [7, 11) is 0. The van der Waals surface area contributed by atoms with E-state index in [1.54, 1.807) is 0 Å². The summed E-state index contributed by atoms with van der Waals surface area (Å²) in [5.74, 6) is 0.337. The van der Waals surface area contributed by atoms with Crippen LogP contribution in [0.2, 0.25) is 0 Å². The van der Waals surface area contributed by atoms with Gasteiger partial charge < -0.3 is 20.2 Å². The van der Waals surface area contributed by atoms with Gasteiger partial charge in [-0.15, -0.1) is 6.42 Å². The first-order valence-corrected chi connectivity index (χ1v) is 13.9. The van der Waals surface area contributed by atoms with Crippen molar-refractivity contribution in [3.63, 3.8) is 0 Å². The minimum Gasteiger partial charge on any atom is -0.481 e. The third-order valence-electron chi connectivity index (χ3n) is 7.21. The molecule has 2 heterocycles. The minimum absolute atomic E-state index is 0.0102. The van der Waals surface area contributed by atoms with Crippen molar-refractivity contribution in [3.8, 4) is 12.3 Å². The molecule has 10 heteroatoms. The Balaban J connectivity index is 0.00000198. The normalized spacial score (nSPS) is 18.5. The maximum atomic E-state index is 13.7. The molecule has 218 valence electrons. The molecule has 1 unspecified atom stereocenters. The molecule has 2 aliphatic rings. The summed E-state index contributed by atoms with van der Waals surface area (Å²) in [6, 6.07) is 21.1. The first-order valence-electron chi connectivity index (χ1n) is 13.9. The van der Waals surface area contributed by atoms with E-state index >= 15 is 0 Å². The lowest BCUT2D eigenvalue weighted by molar-refractivity contribution is -0.190. The highest BCUT2D eigenvalue weighted by Crippen LogP contribution is 2.30. The van der Waals surface area contributed by atoms with E-state index in [4.69, 9.17) is 6.42 Å². The predicted molar refractivity (Wildman–Crippen MR) is 158 cm³/mol. The highest BCUT2D eigenvalue weighted by atomic mass is 16.4. The van der Waals surface area contributed by atoms with Crippen LogP contribution in [0.25, 0.3) is 10.8 Å². The van der Waals surface area contributed by atoms with Crippen LogP contribution in [-0.2, 0) is 27.5 Å². The van der Waals surface area contributed by atoms with E-state index in [9.17, 15) is 24.3 Å². The number of benzene rings is 3. The summed E-state index contributed by atoms with van der Waals surface area (Å²) in [6.45, 7) is 4.13. The largest absolute Gasteiger partial charge is 0.481 e. The first kappa shape index (κ1) is 30.1. The number of nitrogens with zero attached hydrogens (tertiary/aromatic N) is 4. The standard InChI is InChI=1S/C30H29N5O5.C2H6/c1-2-15-33-20-27(36)34-25(16-28(37)38)29(39)32(18-23-13-8-12-22-11-6-7-14-24(22)23)19-26(34)35(33)30(40)31-17-21-9-4-3-5-10-21;1-2/h1,3-14,25-26H,15-20H2,(H,31,40)(H,37,38);1-2H3/t25?,26-;/m0./s1. The van der Waals surface area contributed by atoms with Crippen LogP contribution in [0.3, 0.4) is 0 Å². The Bertz CT molecular complexity index is 1480. The van der Waals surface area contributed by atoms with Crippen molar-refractivity contribution >= 4 is 34.6 Å². The molecule has 42 heavy (non-hydrogen) atoms. The quantitative estimate of drug-likeness (QED) is 0.423. The molecule has 0 aliphatic carbocycles. The second kappa shape index (κ2) is 13.7. The molecule has 2 fully saturated rings. The van der Waals surface area contributed by atoms with Crippen LogP contribution >= 0.6 is 0 Å². The zero-order valence-corrected chi connectivity index (χ0v) is 23.8. The molecule has 0 spiro atoms. The molecule has 2 saturated heterocycles. The number of hydrogen-bond donors (Lipinski definition) is 2. The number of carbonyl (C=O) groups excluding carboxylic acids is 3. The third-order valence-corrected chi connectivity index (χ3v) is 7.21. The van der Waals surface area contributed by atoms with Gasteiger partial charge in [-0.25, -0.2) is 9.80 Å². The molecule has 2 atom stereocenters. The van der Waals surface area contributed by atoms with Gasteiger partial charge in [-0.3, -0.25) is 14.4 Å². The number of carbonyl (C=O) groups is 4. The Labute approximate surface area is 245 Å². The van der Waals surface area contributed by atoms with Crippen LogP contribution in [0.5, 0.6) is 0 Å². The molecule has 0 bridgehead atoms. The number of urea groups is 1. The number of carboxylic acid groups (broad SMARTS) is 1. The Kier molecular flexibility index (Phi) is 9.78. The third kappa shape index (κ3) is 6.37. The molecule has 2 N–H and O–H groups in total. The summed E-state index contributed by atoms with van der Waals surface area (Å²) in [6.07, 6.45) is 4.06. The van der Waals surface area contributed by atoms with Gasteiger partial charge in [0.25, 0.3) is 0 Å². The molecular formula is C32H35N5O5. The van der Waals surface area contributed by atoms with Crippen LogP contribution in [-0.4, -0.2) is 80.6 Å². The molecular weight excluding hydrogens is 534 g/mol. The van der Waals surface area contributed by atoms with E-state index in [2.05, 4.69) is 11.2 Å². The maximum absolute atomic E-state index is 13.7. The monoisotopic (exact) mass is 569 g/mol. The predicted octanol–water partition coefficient (Wildman–Crippen LogP) is 3.28. The smallest absolute Gasteiger partial charge is 0.334 e. The van der Waals surface area contributed by atoms with Crippen LogP contribution in [0.1, 0.15) is 31.4 Å². The number of piperazine rings is 1. The van der Waals surface area contributed by atoms with Gasteiger partial charge >= 0.3 is 12.0 Å². The van der Waals surface area contributed by atoms with Crippen molar-refractivity contribution in [2.45, 2.75) is 45.6 Å². The Morgan fingerprint density at radius 1 is 1.00 bits per heavy atom. The summed E-state index contributed by atoms with van der Waals surface area (Å²) in [5, 5.41) is 17.3. The number of terminal acetylenes is 1. The summed E-state index contributed by atoms with van der Waals surface area (Å²) >= 11 is 0. The molecule has 10 nitrogen and oxygen atoms in total. The zero-order valence-electron chi connectivity index (χ0n) is 23.8. The molecule has 0 radical (unpaired) electrons. The highest BCUT2D eigenvalue weighted by Gasteiger charge is 2.51. The summed E-state index contributed by atoms with van der Waals surface area (Å²) in [4.78, 5) is 55.3. The lowest BCUT2D eigenvalue weighted by Crippen LogP contribution is -2.76. The van der Waals surface area contributed by atoms with E-state index in [0.29, 0.717) is 0 Å². The van der Waals surface area contributed by atoms with Crippen molar-refractivity contribution in [2.24, 2.45) is 0 Å². The molecule has 2 aliphatic heterocycles. The molecule has 0 aromatic heterocycles. The number of nitrogens with one attached hydrogen (secondary N) is 1. The van der Waals surface area contributed by atoms with E-state index in [1.807, 2.05) is 86.6 Å². The molecule has 4 amide bonds. The second-order valence-electron chi connectivity index (χ2n) is 9.77. The van der Waals surface area contributed by atoms with Gasteiger partial charge in [0, 0.05) is 13.1 Å². The van der Waals surface area contributed by atoms with Crippen molar-refractivity contribution < 1.29 is 24.3 Å². The second-order valence-corrected chi connectivity index (χ2v) is 9.77. The van der Waals surface area contributed by atoms with Crippen LogP contribution < -0.4 is 5.32 Å². The Morgan fingerprint density at radius 2 is 1.69 bits per heavy atom. The van der Waals surface area contributed by atoms with Crippen molar-refractivity contribution in [3.05, 3.63) is 83.9 Å². The van der Waals surface area contributed by atoms with E-state index in [1.165, 1.54) is 19.8 Å². The van der Waals surface area contributed by atoms with E-state index < -0.39 is 42.4 Å². The van der Waals surface area contributed by atoms with Gasteiger partial charge in [0.1, 0.15) is 12.2 Å². The number of aliphatic carboxylic acids is 1. The molecule has 0 saturated carbocycles. The summed E-state index contributed by atoms with van der Waals surface area (Å²) in [5.41, 5.74) is 1.75. The fourth-order valence-corrected chi connectivity index (χ4v) is 5.44. The number of amides is 4. The lowest BCUT2D eigenvalue weighted by atomic mass is 10.0. The van der Waals surface area contributed by atoms with Gasteiger partial charge in [-0.2, -0.15) is 5.01 Å². The van der Waals surface area contributed by atoms with Gasteiger partial charge in [0.15, 0.2) is 0 Å². The van der Waals surface area contributed by atoms with Gasteiger partial charge in [0.05, 0.1) is 26.1 Å². The number of fused-ring (bicyclic) bond motifs is 2. The van der Waals surface area contributed by atoms with E-state index in [-0.39, 0.29) is 32.7 Å². The van der Waals surface area contributed by atoms with Crippen LogP contribution in [0.4, 0.5) is 4.79 Å². The molecule has 5 rings (SSSR count). The average Bonchev–Trinajstić information content (AvgIpc) is 2.99. The fraction of sp³-hybridized carbons (Fsp3) is 0.312. The van der Waals surface area contributed by atoms with Crippen molar-refractivity contribution in [1.29, 1.82) is 0 Å². The summed E-state index contributed by atoms with van der Waals surface area (Å²) < 4.78 is 0. The lowest BCUT2D eigenvalue weighted by Gasteiger charge is -2.54. The first-order chi connectivity index (χ1) is 20.4. The van der Waals surface area contributed by atoms with Gasteiger partial charge in [-0.05, 0) is 21.9 Å². The van der Waals surface area contributed by atoms with Gasteiger partial charge in [0.2, 0.25) is 11.8 Å². The zero-order chi connectivity index (χ0) is 30.2. The minimum atomic E-state index is -1.27. The van der Waals surface area contributed by atoms with Crippen molar-refractivity contribution in [2.75, 3.05) is 19.6 Å². The van der Waals surface area contributed by atoms with Crippen LogP contribution in [0, 0.1) is 12.3 Å². The SMILES string of the molecule is C#CCN1CC(=O)N2C(CC(=O)O)C(=O)N(Cc3cccc4ccccc34)C[C@@H]2N1C(=O)NCc1ccccc1.CC. The fourth-order valence-electron chi connectivity index (χ4n) is 5.44. The Hall–Kier alpha value is -4.88. The van der Waals surface area contributed by atoms with Gasteiger partial charge in [-0.1, -0.05) is 92.6 Å². The topological polar surface area (TPSA) is 114 Å². The highest BCUT2D eigenvalue weighted by molar-refractivity contribution is 5.94. The molecule has 3 aromatic rings. The molecule has 3 aromatic carbocycles. The maximum Gasteiger partial charge on any atom is 0.334 e. The number of carboxylic acids is 1. The average molecular weight is 570 g/mol.